The van der Waals surface area contributed by atoms with Gasteiger partial charge >= 0.3 is 5.97 Å². The van der Waals surface area contributed by atoms with Crippen molar-refractivity contribution in [3.05, 3.63) is 54.9 Å². The molecule has 0 radical (unpaired) electrons. The summed E-state index contributed by atoms with van der Waals surface area (Å²) in [7, 11) is 0. The quantitative estimate of drug-likeness (QED) is 0.459. The van der Waals surface area contributed by atoms with Crippen LogP contribution in [-0.4, -0.2) is 5.97 Å². The Balaban J connectivity index is 1.70. The molecule has 0 atom stereocenters. The second kappa shape index (κ2) is 6.30. The fourth-order valence-corrected chi connectivity index (χ4v) is 3.08. The molecular weight excluding hydrogens is 279 g/mol. The average Bonchev–Trinajstić information content (AvgIpc) is 2.55. The second-order valence-corrected chi connectivity index (χ2v) is 5.89. The molecule has 0 heterocycles. The minimum absolute atomic E-state index is 0.0422. The zero-order chi connectivity index (χ0) is 15.5. The lowest BCUT2D eigenvalue weighted by Crippen LogP contribution is -2.25. The Bertz CT molecular complexity index is 700. The van der Waals surface area contributed by atoms with Crippen molar-refractivity contribution in [2.24, 2.45) is 11.8 Å². The van der Waals surface area contributed by atoms with Crippen LogP contribution in [0.15, 0.2) is 49.1 Å². The predicted molar refractivity (Wildman–Crippen MR) is 85.2 cm³/mol. The molecule has 0 amide bonds. The Morgan fingerprint density at radius 3 is 2.68 bits per heavy atom. The molecule has 0 bridgehead atoms. The summed E-state index contributed by atoms with van der Waals surface area (Å²) in [6, 6.07) is 9.91. The highest BCUT2D eigenvalue weighted by molar-refractivity contribution is 5.85. The summed E-state index contributed by atoms with van der Waals surface area (Å²) in [5.41, 5.74) is 0. The highest BCUT2D eigenvalue weighted by Gasteiger charge is 2.26. The smallest absolute Gasteiger partial charge is 0.314 e. The Morgan fingerprint density at radius 1 is 1.18 bits per heavy atom. The van der Waals surface area contributed by atoms with Gasteiger partial charge in [0, 0.05) is 5.39 Å². The number of rotatable bonds is 3. The predicted octanol–water partition coefficient (Wildman–Crippen LogP) is 4.88. The Hall–Kier alpha value is -2.16. The van der Waals surface area contributed by atoms with E-state index in [1.807, 2.05) is 12.1 Å². The highest BCUT2D eigenvalue weighted by Crippen LogP contribution is 2.31. The summed E-state index contributed by atoms with van der Waals surface area (Å²) < 4.78 is 19.1. The Labute approximate surface area is 129 Å². The first-order chi connectivity index (χ1) is 10.7. The molecule has 3 heteroatoms. The number of hydrogen-bond acceptors (Lipinski definition) is 2. The van der Waals surface area contributed by atoms with Gasteiger partial charge < -0.3 is 4.74 Å². The summed E-state index contributed by atoms with van der Waals surface area (Å²) in [4.78, 5) is 12.2. The monoisotopic (exact) mass is 298 g/mol. The average molecular weight is 298 g/mol. The normalized spacial score (nSPS) is 21.5. The van der Waals surface area contributed by atoms with E-state index in [2.05, 4.69) is 6.58 Å². The van der Waals surface area contributed by atoms with Gasteiger partial charge in [0.1, 0.15) is 11.6 Å². The highest BCUT2D eigenvalue weighted by atomic mass is 19.1. The van der Waals surface area contributed by atoms with Crippen LogP contribution in [0.25, 0.3) is 10.8 Å². The van der Waals surface area contributed by atoms with Crippen LogP contribution in [0.5, 0.6) is 5.75 Å². The van der Waals surface area contributed by atoms with Gasteiger partial charge in [-0.15, -0.1) is 6.58 Å². The molecule has 0 N–H and O–H groups in total. The van der Waals surface area contributed by atoms with Gasteiger partial charge in [-0.05, 0) is 61.3 Å². The van der Waals surface area contributed by atoms with Gasteiger partial charge in [0.15, 0.2) is 0 Å². The van der Waals surface area contributed by atoms with Crippen molar-refractivity contribution in [3.8, 4) is 5.75 Å². The van der Waals surface area contributed by atoms with Gasteiger partial charge in [-0.1, -0.05) is 18.2 Å². The van der Waals surface area contributed by atoms with Crippen LogP contribution >= 0.6 is 0 Å². The van der Waals surface area contributed by atoms with Gasteiger partial charge in [0.2, 0.25) is 0 Å². The molecule has 114 valence electrons. The molecule has 2 aromatic carbocycles. The fraction of sp³-hybridized carbons (Fsp3) is 0.316. The molecule has 2 aromatic rings. The molecule has 1 fully saturated rings. The first kappa shape index (κ1) is 14.8. The van der Waals surface area contributed by atoms with E-state index in [1.54, 1.807) is 24.3 Å². The number of esters is 1. The van der Waals surface area contributed by atoms with Crippen molar-refractivity contribution in [2.75, 3.05) is 0 Å². The fourth-order valence-electron chi connectivity index (χ4n) is 3.08. The molecule has 0 aromatic heterocycles. The standard InChI is InChI=1S/C19H19FO2/c1-2-13-6-8-14(9-7-13)19(21)22-16-10-11-17-15(12-16)4-3-5-18(17)20/h2-5,10-14H,1,6-9H2. The minimum Gasteiger partial charge on any atom is -0.426 e. The molecule has 22 heavy (non-hydrogen) atoms. The van der Waals surface area contributed by atoms with Crippen LogP contribution < -0.4 is 4.74 Å². The zero-order valence-electron chi connectivity index (χ0n) is 12.4. The third-order valence-corrected chi connectivity index (χ3v) is 4.46. The SMILES string of the molecule is C=CC1CCC(C(=O)Oc2ccc3c(F)cccc3c2)CC1. The molecule has 1 aliphatic carbocycles. The van der Waals surface area contributed by atoms with Crippen LogP contribution in [0.4, 0.5) is 4.39 Å². The molecule has 0 aliphatic heterocycles. The maximum atomic E-state index is 13.6. The van der Waals surface area contributed by atoms with Crippen LogP contribution in [0.3, 0.4) is 0 Å². The van der Waals surface area contributed by atoms with E-state index in [0.29, 0.717) is 17.1 Å². The number of fused-ring (bicyclic) bond motifs is 1. The van der Waals surface area contributed by atoms with E-state index in [4.69, 9.17) is 4.74 Å². The lowest BCUT2D eigenvalue weighted by molar-refractivity contribution is -0.140. The van der Waals surface area contributed by atoms with Gasteiger partial charge in [0.25, 0.3) is 0 Å². The summed E-state index contributed by atoms with van der Waals surface area (Å²) in [6.07, 6.45) is 5.65. The van der Waals surface area contributed by atoms with Crippen LogP contribution in [0.1, 0.15) is 25.7 Å². The largest absolute Gasteiger partial charge is 0.426 e. The van der Waals surface area contributed by atoms with E-state index in [1.165, 1.54) is 6.07 Å². The molecule has 0 spiro atoms. The van der Waals surface area contributed by atoms with Crippen molar-refractivity contribution in [2.45, 2.75) is 25.7 Å². The number of ether oxygens (including phenoxy) is 1. The van der Waals surface area contributed by atoms with Crippen molar-refractivity contribution < 1.29 is 13.9 Å². The van der Waals surface area contributed by atoms with Gasteiger partial charge in [-0.25, -0.2) is 4.39 Å². The maximum Gasteiger partial charge on any atom is 0.314 e. The third kappa shape index (κ3) is 3.03. The number of carbonyl (C=O) groups is 1. The molecule has 1 saturated carbocycles. The zero-order valence-corrected chi connectivity index (χ0v) is 12.4. The molecular formula is C19H19FO2. The van der Waals surface area contributed by atoms with Crippen molar-refractivity contribution in [1.82, 2.24) is 0 Å². The molecule has 0 unspecified atom stereocenters. The van der Waals surface area contributed by atoms with Crippen LogP contribution in [-0.2, 0) is 4.79 Å². The Morgan fingerprint density at radius 2 is 1.95 bits per heavy atom. The number of carbonyl (C=O) groups excluding carboxylic acids is 1. The van der Waals surface area contributed by atoms with Crippen molar-refractivity contribution in [1.29, 1.82) is 0 Å². The third-order valence-electron chi connectivity index (χ3n) is 4.46. The minimum atomic E-state index is -0.266. The summed E-state index contributed by atoms with van der Waals surface area (Å²) in [6.45, 7) is 3.81. The van der Waals surface area contributed by atoms with Crippen LogP contribution in [0.2, 0.25) is 0 Å². The van der Waals surface area contributed by atoms with Crippen molar-refractivity contribution >= 4 is 16.7 Å². The van der Waals surface area contributed by atoms with E-state index < -0.39 is 0 Å². The molecule has 0 saturated heterocycles. The molecule has 3 rings (SSSR count). The number of benzene rings is 2. The van der Waals surface area contributed by atoms with Gasteiger partial charge in [0.05, 0.1) is 5.92 Å². The van der Waals surface area contributed by atoms with E-state index >= 15 is 0 Å². The van der Waals surface area contributed by atoms with Crippen LogP contribution in [0, 0.1) is 17.7 Å². The summed E-state index contributed by atoms with van der Waals surface area (Å²) >= 11 is 0. The number of hydrogen-bond donors (Lipinski definition) is 0. The summed E-state index contributed by atoms with van der Waals surface area (Å²) in [5.74, 6) is 0.512. The first-order valence-corrected chi connectivity index (χ1v) is 7.70. The molecule has 1 aliphatic rings. The number of halogens is 1. The Kier molecular flexibility index (Phi) is 4.23. The molecule has 2 nitrogen and oxygen atoms in total. The lowest BCUT2D eigenvalue weighted by Gasteiger charge is -2.24. The van der Waals surface area contributed by atoms with E-state index in [0.717, 1.165) is 31.1 Å². The van der Waals surface area contributed by atoms with Gasteiger partial charge in [-0.3, -0.25) is 4.79 Å². The first-order valence-electron chi connectivity index (χ1n) is 7.70. The van der Waals surface area contributed by atoms with E-state index in [-0.39, 0.29) is 17.7 Å². The topological polar surface area (TPSA) is 26.3 Å². The van der Waals surface area contributed by atoms with Crippen molar-refractivity contribution in [3.63, 3.8) is 0 Å². The number of allylic oxidation sites excluding steroid dienone is 1. The second-order valence-electron chi connectivity index (χ2n) is 5.89. The summed E-state index contributed by atoms with van der Waals surface area (Å²) in [5, 5.41) is 1.27. The van der Waals surface area contributed by atoms with E-state index in [9.17, 15) is 9.18 Å². The van der Waals surface area contributed by atoms with Gasteiger partial charge in [-0.2, -0.15) is 0 Å². The lowest BCUT2D eigenvalue weighted by atomic mass is 9.82. The maximum absolute atomic E-state index is 13.6.